The highest BCUT2D eigenvalue weighted by molar-refractivity contribution is 7.09. The van der Waals surface area contributed by atoms with E-state index in [2.05, 4.69) is 22.5 Å². The molecule has 0 aliphatic carbocycles. The van der Waals surface area contributed by atoms with Gasteiger partial charge in [-0.3, -0.25) is 0 Å². The Morgan fingerprint density at radius 1 is 1.67 bits per heavy atom. The summed E-state index contributed by atoms with van der Waals surface area (Å²) in [6.45, 7) is 5.65. The van der Waals surface area contributed by atoms with Crippen molar-refractivity contribution in [3.8, 4) is 0 Å². The van der Waals surface area contributed by atoms with Crippen molar-refractivity contribution in [2.24, 2.45) is 5.92 Å². The molecule has 1 aliphatic heterocycles. The van der Waals surface area contributed by atoms with Crippen molar-refractivity contribution in [2.45, 2.75) is 25.8 Å². The minimum Gasteiger partial charge on any atom is -0.316 e. The Hall–Kier alpha value is -0.450. The molecule has 0 radical (unpaired) electrons. The maximum absolute atomic E-state index is 4.27. The Morgan fingerprint density at radius 3 is 3.27 bits per heavy atom. The van der Waals surface area contributed by atoms with Crippen molar-refractivity contribution in [1.29, 1.82) is 0 Å². The molecule has 0 bridgehead atoms. The fourth-order valence-electron chi connectivity index (χ4n) is 2.05. The highest BCUT2D eigenvalue weighted by atomic mass is 32.1. The third kappa shape index (κ3) is 3.26. The van der Waals surface area contributed by atoms with Gasteiger partial charge in [-0.25, -0.2) is 4.98 Å². The van der Waals surface area contributed by atoms with Gasteiger partial charge in [-0.05, 0) is 32.4 Å². The standard InChI is InChI=1S/C11H19N3S/c1-9-10(2-5-13-9)8-12-4-3-11-14-6-7-15-11/h6-7,9-10,12-13H,2-5,8H2,1H3. The lowest BCUT2D eigenvalue weighted by atomic mass is 10.0. The molecule has 1 aliphatic rings. The minimum absolute atomic E-state index is 0.678. The highest BCUT2D eigenvalue weighted by Gasteiger charge is 2.21. The van der Waals surface area contributed by atoms with Crippen LogP contribution in [0, 0.1) is 5.92 Å². The zero-order valence-corrected chi connectivity index (χ0v) is 10.0. The first-order valence-corrected chi connectivity index (χ1v) is 6.56. The van der Waals surface area contributed by atoms with Crippen LogP contribution in [-0.4, -0.2) is 30.7 Å². The molecule has 1 fully saturated rings. The van der Waals surface area contributed by atoms with E-state index in [1.54, 1.807) is 11.3 Å². The Bertz CT molecular complexity index is 273. The van der Waals surface area contributed by atoms with Crippen molar-refractivity contribution in [3.63, 3.8) is 0 Å². The molecule has 2 atom stereocenters. The monoisotopic (exact) mass is 225 g/mol. The molecule has 2 heterocycles. The van der Waals surface area contributed by atoms with E-state index in [-0.39, 0.29) is 0 Å². The average molecular weight is 225 g/mol. The smallest absolute Gasteiger partial charge is 0.0937 e. The van der Waals surface area contributed by atoms with E-state index in [1.807, 2.05) is 11.6 Å². The zero-order valence-electron chi connectivity index (χ0n) is 9.20. The van der Waals surface area contributed by atoms with Gasteiger partial charge in [0.25, 0.3) is 0 Å². The number of hydrogen-bond acceptors (Lipinski definition) is 4. The lowest BCUT2D eigenvalue weighted by molar-refractivity contribution is 0.441. The van der Waals surface area contributed by atoms with Crippen LogP contribution in [0.15, 0.2) is 11.6 Å². The van der Waals surface area contributed by atoms with Crippen LogP contribution in [0.2, 0.25) is 0 Å². The first-order chi connectivity index (χ1) is 7.36. The SMILES string of the molecule is CC1NCCC1CNCCc1nccs1. The van der Waals surface area contributed by atoms with Crippen molar-refractivity contribution in [3.05, 3.63) is 16.6 Å². The molecule has 0 aromatic carbocycles. The van der Waals surface area contributed by atoms with Crippen LogP contribution in [0.4, 0.5) is 0 Å². The highest BCUT2D eigenvalue weighted by Crippen LogP contribution is 2.13. The third-order valence-electron chi connectivity index (χ3n) is 3.09. The summed E-state index contributed by atoms with van der Waals surface area (Å²) in [6, 6.07) is 0.678. The maximum atomic E-state index is 4.27. The minimum atomic E-state index is 0.678. The number of thiazole rings is 1. The van der Waals surface area contributed by atoms with E-state index in [0.717, 1.165) is 25.4 Å². The van der Waals surface area contributed by atoms with Gasteiger partial charge in [0, 0.05) is 30.6 Å². The molecule has 3 nitrogen and oxygen atoms in total. The summed E-state index contributed by atoms with van der Waals surface area (Å²) in [4.78, 5) is 4.27. The normalized spacial score (nSPS) is 25.9. The first-order valence-electron chi connectivity index (χ1n) is 5.69. The topological polar surface area (TPSA) is 37.0 Å². The molecule has 0 amide bonds. The summed E-state index contributed by atoms with van der Waals surface area (Å²) in [6.07, 6.45) is 4.25. The molecule has 4 heteroatoms. The fourth-order valence-corrected chi connectivity index (χ4v) is 2.67. The summed E-state index contributed by atoms with van der Waals surface area (Å²) < 4.78 is 0. The number of nitrogens with one attached hydrogen (secondary N) is 2. The molecule has 84 valence electrons. The van der Waals surface area contributed by atoms with E-state index in [0.29, 0.717) is 6.04 Å². The van der Waals surface area contributed by atoms with E-state index in [9.17, 15) is 0 Å². The van der Waals surface area contributed by atoms with Gasteiger partial charge >= 0.3 is 0 Å². The molecule has 2 rings (SSSR count). The number of aromatic nitrogens is 1. The van der Waals surface area contributed by atoms with Gasteiger partial charge < -0.3 is 10.6 Å². The Labute approximate surface area is 95.3 Å². The van der Waals surface area contributed by atoms with E-state index in [1.165, 1.54) is 18.0 Å². The molecule has 1 aromatic rings. The van der Waals surface area contributed by atoms with Crippen molar-refractivity contribution in [1.82, 2.24) is 15.6 Å². The molecule has 0 saturated carbocycles. The van der Waals surface area contributed by atoms with Crippen molar-refractivity contribution in [2.75, 3.05) is 19.6 Å². The van der Waals surface area contributed by atoms with E-state index >= 15 is 0 Å². The quantitative estimate of drug-likeness (QED) is 0.741. The summed E-state index contributed by atoms with van der Waals surface area (Å²) in [5.41, 5.74) is 0. The Morgan fingerprint density at radius 2 is 2.60 bits per heavy atom. The Kier molecular flexibility index (Phi) is 4.11. The second-order valence-electron chi connectivity index (χ2n) is 4.17. The summed E-state index contributed by atoms with van der Waals surface area (Å²) in [5, 5.41) is 10.3. The first kappa shape index (κ1) is 11.0. The van der Waals surface area contributed by atoms with Gasteiger partial charge in [0.05, 0.1) is 5.01 Å². The van der Waals surface area contributed by atoms with Gasteiger partial charge in [-0.15, -0.1) is 11.3 Å². The molecule has 0 spiro atoms. The maximum Gasteiger partial charge on any atom is 0.0937 e. The summed E-state index contributed by atoms with van der Waals surface area (Å²) >= 11 is 1.74. The second kappa shape index (κ2) is 5.58. The average Bonchev–Trinajstić information content (AvgIpc) is 2.85. The molecular formula is C11H19N3S. The van der Waals surface area contributed by atoms with Gasteiger partial charge in [0.15, 0.2) is 0 Å². The van der Waals surface area contributed by atoms with Gasteiger partial charge in [0.1, 0.15) is 0 Å². The molecule has 15 heavy (non-hydrogen) atoms. The van der Waals surface area contributed by atoms with Crippen LogP contribution in [0.3, 0.4) is 0 Å². The van der Waals surface area contributed by atoms with Crippen LogP contribution in [0.25, 0.3) is 0 Å². The lowest BCUT2D eigenvalue weighted by Crippen LogP contribution is -2.31. The van der Waals surface area contributed by atoms with Gasteiger partial charge in [-0.1, -0.05) is 0 Å². The predicted molar refractivity (Wildman–Crippen MR) is 64.3 cm³/mol. The van der Waals surface area contributed by atoms with Crippen LogP contribution in [-0.2, 0) is 6.42 Å². The van der Waals surface area contributed by atoms with Crippen LogP contribution < -0.4 is 10.6 Å². The number of nitrogens with zero attached hydrogens (tertiary/aromatic N) is 1. The van der Waals surface area contributed by atoms with Crippen LogP contribution >= 0.6 is 11.3 Å². The number of hydrogen-bond donors (Lipinski definition) is 2. The van der Waals surface area contributed by atoms with Gasteiger partial charge in [0.2, 0.25) is 0 Å². The molecular weight excluding hydrogens is 206 g/mol. The largest absolute Gasteiger partial charge is 0.316 e. The summed E-state index contributed by atoms with van der Waals surface area (Å²) in [5.74, 6) is 0.807. The zero-order chi connectivity index (χ0) is 10.5. The number of rotatable bonds is 5. The van der Waals surface area contributed by atoms with Crippen LogP contribution in [0.1, 0.15) is 18.4 Å². The molecule has 2 N–H and O–H groups in total. The van der Waals surface area contributed by atoms with E-state index in [4.69, 9.17) is 0 Å². The van der Waals surface area contributed by atoms with Crippen molar-refractivity contribution < 1.29 is 0 Å². The third-order valence-corrected chi connectivity index (χ3v) is 3.93. The predicted octanol–water partition coefficient (Wildman–Crippen LogP) is 1.27. The van der Waals surface area contributed by atoms with Crippen molar-refractivity contribution >= 4 is 11.3 Å². The molecule has 2 unspecified atom stereocenters. The van der Waals surface area contributed by atoms with Gasteiger partial charge in [-0.2, -0.15) is 0 Å². The molecule has 1 saturated heterocycles. The van der Waals surface area contributed by atoms with E-state index < -0.39 is 0 Å². The molecule has 1 aromatic heterocycles. The van der Waals surface area contributed by atoms with Crippen LogP contribution in [0.5, 0.6) is 0 Å². The second-order valence-corrected chi connectivity index (χ2v) is 5.15. The summed E-state index contributed by atoms with van der Waals surface area (Å²) in [7, 11) is 0. The lowest BCUT2D eigenvalue weighted by Gasteiger charge is -2.15. The fraction of sp³-hybridized carbons (Fsp3) is 0.727. The Balaban J connectivity index is 1.59.